The minimum absolute atomic E-state index is 0.0189. The molecule has 6 heteroatoms. The Balaban J connectivity index is 2.24. The fourth-order valence-electron chi connectivity index (χ4n) is 2.35. The second kappa shape index (κ2) is 8.12. The molecule has 0 aliphatic heterocycles. The summed E-state index contributed by atoms with van der Waals surface area (Å²) >= 11 is 6.20. The van der Waals surface area contributed by atoms with Crippen molar-refractivity contribution in [3.05, 3.63) is 46.5 Å². The quantitative estimate of drug-likeness (QED) is 0.807. The molecule has 0 saturated heterocycles. The maximum atomic E-state index is 12.5. The Hall–Kier alpha value is -2.40. The third-order valence-electron chi connectivity index (χ3n) is 3.57. The summed E-state index contributed by atoms with van der Waals surface area (Å²) in [4.78, 5) is 12.5. The first-order valence-corrected chi connectivity index (χ1v) is 8.23. The molecule has 25 heavy (non-hydrogen) atoms. The Bertz CT molecular complexity index is 749. The van der Waals surface area contributed by atoms with Crippen LogP contribution < -0.4 is 19.5 Å². The predicted molar refractivity (Wildman–Crippen MR) is 99.5 cm³/mol. The Labute approximate surface area is 152 Å². The van der Waals surface area contributed by atoms with Crippen LogP contribution in [-0.2, 0) is 0 Å². The van der Waals surface area contributed by atoms with Crippen molar-refractivity contribution in [3.63, 3.8) is 0 Å². The lowest BCUT2D eigenvalue weighted by Gasteiger charge is -2.14. The molecule has 1 N–H and O–H groups in total. The number of ether oxygens (including phenoxy) is 3. The molecular weight excluding hydrogens is 342 g/mol. The summed E-state index contributed by atoms with van der Waals surface area (Å²) in [6.45, 7) is 5.71. The van der Waals surface area contributed by atoms with E-state index in [1.807, 2.05) is 20.8 Å². The molecule has 0 saturated carbocycles. The minimum Gasteiger partial charge on any atom is -0.496 e. The standard InChI is InChI=1S/C19H22ClNO4/c1-11(2)25-16-7-6-14(10-15(16)20)21-19(22)13-8-17(23-4)12(3)18(9-13)24-5/h6-11H,1-5H3,(H,21,22). The van der Waals surface area contributed by atoms with Gasteiger partial charge in [0.1, 0.15) is 17.2 Å². The van der Waals surface area contributed by atoms with Crippen molar-refractivity contribution in [2.75, 3.05) is 19.5 Å². The van der Waals surface area contributed by atoms with Crippen molar-refractivity contribution >= 4 is 23.2 Å². The molecule has 0 radical (unpaired) electrons. The van der Waals surface area contributed by atoms with E-state index in [9.17, 15) is 4.79 Å². The third kappa shape index (κ3) is 4.57. The van der Waals surface area contributed by atoms with Crippen LogP contribution in [0.3, 0.4) is 0 Å². The highest BCUT2D eigenvalue weighted by Crippen LogP contribution is 2.31. The zero-order valence-corrected chi connectivity index (χ0v) is 15.7. The molecule has 0 spiro atoms. The van der Waals surface area contributed by atoms with Crippen LogP contribution in [0.5, 0.6) is 17.2 Å². The smallest absolute Gasteiger partial charge is 0.255 e. The van der Waals surface area contributed by atoms with Crippen molar-refractivity contribution in [1.29, 1.82) is 0 Å². The Morgan fingerprint density at radius 3 is 2.12 bits per heavy atom. The SMILES string of the molecule is COc1cc(C(=O)Nc2ccc(OC(C)C)c(Cl)c2)cc(OC)c1C. The van der Waals surface area contributed by atoms with E-state index >= 15 is 0 Å². The molecule has 2 aromatic carbocycles. The summed E-state index contributed by atoms with van der Waals surface area (Å²) in [5, 5.41) is 3.25. The molecule has 5 nitrogen and oxygen atoms in total. The monoisotopic (exact) mass is 363 g/mol. The largest absolute Gasteiger partial charge is 0.496 e. The zero-order chi connectivity index (χ0) is 18.6. The maximum absolute atomic E-state index is 12.5. The number of carbonyl (C=O) groups excluding carboxylic acids is 1. The molecule has 0 bridgehead atoms. The lowest BCUT2D eigenvalue weighted by molar-refractivity contribution is 0.102. The minimum atomic E-state index is -0.287. The Kier molecular flexibility index (Phi) is 6.15. The summed E-state index contributed by atoms with van der Waals surface area (Å²) in [5.41, 5.74) is 1.84. The average Bonchev–Trinajstić information content (AvgIpc) is 2.57. The van der Waals surface area contributed by atoms with Crippen molar-refractivity contribution in [2.45, 2.75) is 26.9 Å². The highest BCUT2D eigenvalue weighted by Gasteiger charge is 2.14. The van der Waals surface area contributed by atoms with Gasteiger partial charge in [0, 0.05) is 16.8 Å². The van der Waals surface area contributed by atoms with Crippen molar-refractivity contribution < 1.29 is 19.0 Å². The fraction of sp³-hybridized carbons (Fsp3) is 0.316. The second-order valence-electron chi connectivity index (χ2n) is 5.77. The number of anilines is 1. The molecule has 0 unspecified atom stereocenters. The number of halogens is 1. The van der Waals surface area contributed by atoms with Crippen molar-refractivity contribution in [1.82, 2.24) is 0 Å². The summed E-state index contributed by atoms with van der Waals surface area (Å²) < 4.78 is 16.2. The van der Waals surface area contributed by atoms with E-state index in [4.69, 9.17) is 25.8 Å². The first-order chi connectivity index (χ1) is 11.8. The van der Waals surface area contributed by atoms with Gasteiger partial charge in [-0.05, 0) is 51.1 Å². The van der Waals surface area contributed by atoms with E-state index < -0.39 is 0 Å². The number of hydrogen-bond donors (Lipinski definition) is 1. The number of rotatable bonds is 6. The number of hydrogen-bond acceptors (Lipinski definition) is 4. The van der Waals surface area contributed by atoms with Gasteiger partial charge in [-0.25, -0.2) is 0 Å². The molecule has 0 fully saturated rings. The van der Waals surface area contributed by atoms with Gasteiger partial charge < -0.3 is 19.5 Å². The Morgan fingerprint density at radius 2 is 1.64 bits per heavy atom. The normalized spacial score (nSPS) is 10.5. The number of methoxy groups -OCH3 is 2. The molecule has 0 aliphatic carbocycles. The van der Waals surface area contributed by atoms with Crippen LogP contribution in [0.2, 0.25) is 5.02 Å². The van der Waals surface area contributed by atoms with Gasteiger partial charge in [0.2, 0.25) is 0 Å². The molecule has 134 valence electrons. The maximum Gasteiger partial charge on any atom is 0.255 e. The van der Waals surface area contributed by atoms with E-state index in [1.165, 1.54) is 0 Å². The van der Waals surface area contributed by atoms with Crippen molar-refractivity contribution in [2.24, 2.45) is 0 Å². The van der Waals surface area contributed by atoms with Crippen LogP contribution in [-0.4, -0.2) is 26.2 Å². The highest BCUT2D eigenvalue weighted by atomic mass is 35.5. The molecule has 0 atom stereocenters. The van der Waals surface area contributed by atoms with Crippen LogP contribution in [0.4, 0.5) is 5.69 Å². The molecule has 1 amide bonds. The predicted octanol–water partition coefficient (Wildman–Crippen LogP) is 4.71. The second-order valence-corrected chi connectivity index (χ2v) is 6.18. The van der Waals surface area contributed by atoms with Gasteiger partial charge in [-0.1, -0.05) is 11.6 Å². The zero-order valence-electron chi connectivity index (χ0n) is 15.0. The summed E-state index contributed by atoms with van der Waals surface area (Å²) in [7, 11) is 3.10. The highest BCUT2D eigenvalue weighted by molar-refractivity contribution is 6.32. The van der Waals surface area contributed by atoms with Gasteiger partial charge >= 0.3 is 0 Å². The number of carbonyl (C=O) groups is 1. The first kappa shape index (κ1) is 18.9. The number of nitrogens with one attached hydrogen (secondary N) is 1. The van der Waals surface area contributed by atoms with Gasteiger partial charge in [0.05, 0.1) is 25.3 Å². The number of benzene rings is 2. The van der Waals surface area contributed by atoms with E-state index in [2.05, 4.69) is 5.32 Å². The molecule has 0 aromatic heterocycles. The van der Waals surface area contributed by atoms with Gasteiger partial charge in [0.25, 0.3) is 5.91 Å². The molecule has 2 rings (SSSR count). The summed E-state index contributed by atoms with van der Waals surface area (Å²) in [6.07, 6.45) is 0.0189. The molecule has 2 aromatic rings. The third-order valence-corrected chi connectivity index (χ3v) is 3.86. The summed E-state index contributed by atoms with van der Waals surface area (Å²) in [5.74, 6) is 1.46. The van der Waals surface area contributed by atoms with E-state index in [0.29, 0.717) is 33.5 Å². The molecule has 0 heterocycles. The van der Waals surface area contributed by atoms with Gasteiger partial charge in [-0.3, -0.25) is 4.79 Å². The molecule has 0 aliphatic rings. The van der Waals surface area contributed by atoms with Gasteiger partial charge in [0.15, 0.2) is 0 Å². The lowest BCUT2D eigenvalue weighted by atomic mass is 10.1. The average molecular weight is 364 g/mol. The topological polar surface area (TPSA) is 56.8 Å². The van der Waals surface area contributed by atoms with Gasteiger partial charge in [-0.15, -0.1) is 0 Å². The van der Waals surface area contributed by atoms with Crippen LogP contribution >= 0.6 is 11.6 Å². The van der Waals surface area contributed by atoms with Crippen LogP contribution in [0.15, 0.2) is 30.3 Å². The van der Waals surface area contributed by atoms with E-state index in [-0.39, 0.29) is 12.0 Å². The van der Waals surface area contributed by atoms with Gasteiger partial charge in [-0.2, -0.15) is 0 Å². The first-order valence-electron chi connectivity index (χ1n) is 7.86. The van der Waals surface area contributed by atoms with E-state index in [1.54, 1.807) is 44.6 Å². The lowest BCUT2D eigenvalue weighted by Crippen LogP contribution is -2.13. The van der Waals surface area contributed by atoms with Crippen LogP contribution in [0.1, 0.15) is 29.8 Å². The van der Waals surface area contributed by atoms with Crippen LogP contribution in [0.25, 0.3) is 0 Å². The van der Waals surface area contributed by atoms with E-state index in [0.717, 1.165) is 5.56 Å². The van der Waals surface area contributed by atoms with Crippen LogP contribution in [0, 0.1) is 6.92 Å². The Morgan fingerprint density at radius 1 is 1.04 bits per heavy atom. The van der Waals surface area contributed by atoms with Crippen molar-refractivity contribution in [3.8, 4) is 17.2 Å². The number of amides is 1. The molecular formula is C19H22ClNO4. The summed E-state index contributed by atoms with van der Waals surface area (Å²) in [6, 6.07) is 8.47. The fourth-order valence-corrected chi connectivity index (χ4v) is 2.57.